The summed E-state index contributed by atoms with van der Waals surface area (Å²) in [7, 11) is 5.93. The van der Waals surface area contributed by atoms with Crippen molar-refractivity contribution in [3.63, 3.8) is 0 Å². The van der Waals surface area contributed by atoms with Crippen LogP contribution in [0.3, 0.4) is 0 Å². The van der Waals surface area contributed by atoms with Gasteiger partial charge in [-0.05, 0) is 19.6 Å². The van der Waals surface area contributed by atoms with Crippen LogP contribution in [0, 0.1) is 0 Å². The van der Waals surface area contributed by atoms with Gasteiger partial charge in [0, 0.05) is 39.5 Å². The van der Waals surface area contributed by atoms with Gasteiger partial charge >= 0.3 is 0 Å². The maximum atomic E-state index is 4.55. The molecule has 0 saturated heterocycles. The third-order valence-corrected chi connectivity index (χ3v) is 3.76. The number of hydrogen-bond donors (Lipinski definition) is 1. The second-order valence-corrected chi connectivity index (χ2v) is 5.72. The Morgan fingerprint density at radius 1 is 1.10 bits per heavy atom. The second kappa shape index (κ2) is 8.14. The molecule has 0 aliphatic carbocycles. The Morgan fingerprint density at radius 2 is 1.75 bits per heavy atom. The van der Waals surface area contributed by atoms with Crippen molar-refractivity contribution in [3.8, 4) is 0 Å². The smallest absolute Gasteiger partial charge is 0.231 e. The van der Waals surface area contributed by atoms with Gasteiger partial charge in [0.15, 0.2) is 0 Å². The lowest BCUT2D eigenvalue weighted by atomic mass is 10.2. The quantitative estimate of drug-likeness (QED) is 0.787. The summed E-state index contributed by atoms with van der Waals surface area (Å²) < 4.78 is 0. The van der Waals surface area contributed by atoms with E-state index in [1.54, 1.807) is 0 Å². The molecular weight excluding hydrogens is 272 g/mol. The molecule has 114 valence electrons. The van der Waals surface area contributed by atoms with Crippen LogP contribution < -0.4 is 15.1 Å². The van der Waals surface area contributed by atoms with Crippen LogP contribution >= 0.6 is 11.8 Å². The van der Waals surface area contributed by atoms with Gasteiger partial charge in [0.05, 0.1) is 0 Å². The highest BCUT2D eigenvalue weighted by Gasteiger charge is 2.17. The highest BCUT2D eigenvalue weighted by molar-refractivity contribution is 7.98. The summed E-state index contributed by atoms with van der Waals surface area (Å²) in [5, 5.41) is 3.17. The monoisotopic (exact) mass is 298 g/mol. The molecule has 1 unspecified atom stereocenters. The topological polar surface area (TPSA) is 57.2 Å². The molecule has 1 aromatic rings. The lowest BCUT2D eigenvalue weighted by Crippen LogP contribution is -2.35. The summed E-state index contributed by atoms with van der Waals surface area (Å²) in [6.07, 6.45) is 3.19. The highest BCUT2D eigenvalue weighted by Crippen LogP contribution is 2.18. The summed E-state index contributed by atoms with van der Waals surface area (Å²) >= 11 is 1.84. The minimum Gasteiger partial charge on any atom is -0.354 e. The zero-order valence-corrected chi connectivity index (χ0v) is 14.2. The van der Waals surface area contributed by atoms with Crippen molar-refractivity contribution >= 4 is 29.6 Å². The molecule has 0 amide bonds. The minimum absolute atomic E-state index is 0.428. The van der Waals surface area contributed by atoms with Crippen LogP contribution in [0.15, 0.2) is 0 Å². The van der Waals surface area contributed by atoms with Crippen LogP contribution in [0.4, 0.5) is 17.8 Å². The van der Waals surface area contributed by atoms with Crippen molar-refractivity contribution in [2.24, 2.45) is 0 Å². The summed E-state index contributed by atoms with van der Waals surface area (Å²) in [6, 6.07) is 0.428. The number of hydrogen-bond acceptors (Lipinski definition) is 7. The van der Waals surface area contributed by atoms with E-state index in [1.165, 1.54) is 0 Å². The molecule has 0 radical (unpaired) electrons. The van der Waals surface area contributed by atoms with Gasteiger partial charge in [0.1, 0.15) is 0 Å². The number of nitrogens with zero attached hydrogens (tertiary/aromatic N) is 5. The van der Waals surface area contributed by atoms with E-state index in [2.05, 4.69) is 45.4 Å². The number of nitrogens with one attached hydrogen (secondary N) is 1. The van der Waals surface area contributed by atoms with Crippen molar-refractivity contribution in [1.82, 2.24) is 15.0 Å². The zero-order valence-electron chi connectivity index (χ0n) is 13.3. The highest BCUT2D eigenvalue weighted by atomic mass is 32.2. The lowest BCUT2D eigenvalue weighted by molar-refractivity contribution is 0.655. The summed E-state index contributed by atoms with van der Waals surface area (Å²) in [5.74, 6) is 3.09. The number of rotatable bonds is 8. The first-order valence-corrected chi connectivity index (χ1v) is 8.31. The van der Waals surface area contributed by atoms with Crippen molar-refractivity contribution in [2.45, 2.75) is 26.3 Å². The van der Waals surface area contributed by atoms with Gasteiger partial charge in [0.2, 0.25) is 17.8 Å². The number of aromatic nitrogens is 3. The summed E-state index contributed by atoms with van der Waals surface area (Å²) in [5.41, 5.74) is 0. The Kier molecular flexibility index (Phi) is 6.84. The second-order valence-electron chi connectivity index (χ2n) is 4.81. The van der Waals surface area contributed by atoms with Crippen molar-refractivity contribution in [3.05, 3.63) is 0 Å². The van der Waals surface area contributed by atoms with Gasteiger partial charge in [-0.3, -0.25) is 0 Å². The largest absolute Gasteiger partial charge is 0.354 e. The molecule has 1 N–H and O–H groups in total. The molecule has 0 fully saturated rings. The molecule has 0 saturated carbocycles. The molecular formula is C13H26N6S. The number of anilines is 3. The summed E-state index contributed by atoms with van der Waals surface area (Å²) in [6.45, 7) is 5.02. The maximum absolute atomic E-state index is 4.55. The zero-order chi connectivity index (χ0) is 15.1. The Labute approximate surface area is 126 Å². The van der Waals surface area contributed by atoms with E-state index < -0.39 is 0 Å². The molecule has 1 rings (SSSR count). The normalized spacial score (nSPS) is 12.1. The lowest BCUT2D eigenvalue weighted by Gasteiger charge is -2.27. The average molecular weight is 298 g/mol. The number of thioether (sulfide) groups is 1. The Balaban J connectivity index is 3.07. The van der Waals surface area contributed by atoms with Crippen LogP contribution in [0.2, 0.25) is 0 Å². The Hall–Kier alpha value is -1.24. The molecule has 0 aliphatic heterocycles. The van der Waals surface area contributed by atoms with E-state index in [-0.39, 0.29) is 0 Å². The predicted octanol–water partition coefficient (Wildman–Crippen LogP) is 1.95. The minimum atomic E-state index is 0.428. The van der Waals surface area contributed by atoms with Gasteiger partial charge in [-0.15, -0.1) is 0 Å². The van der Waals surface area contributed by atoms with Gasteiger partial charge in [0.25, 0.3) is 0 Å². The summed E-state index contributed by atoms with van der Waals surface area (Å²) in [4.78, 5) is 17.5. The predicted molar refractivity (Wildman–Crippen MR) is 89.2 cm³/mol. The molecule has 6 nitrogen and oxygen atoms in total. The Bertz CT molecular complexity index is 412. The molecule has 0 spiro atoms. The Morgan fingerprint density at radius 3 is 2.25 bits per heavy atom. The maximum Gasteiger partial charge on any atom is 0.231 e. The van der Waals surface area contributed by atoms with E-state index in [4.69, 9.17) is 0 Å². The van der Waals surface area contributed by atoms with E-state index >= 15 is 0 Å². The third-order valence-electron chi connectivity index (χ3n) is 3.04. The van der Waals surface area contributed by atoms with Gasteiger partial charge in [-0.2, -0.15) is 26.7 Å². The van der Waals surface area contributed by atoms with E-state index in [0.29, 0.717) is 17.9 Å². The van der Waals surface area contributed by atoms with Gasteiger partial charge in [-0.25, -0.2) is 0 Å². The fourth-order valence-corrected chi connectivity index (χ4v) is 2.65. The molecule has 20 heavy (non-hydrogen) atoms. The van der Waals surface area contributed by atoms with Crippen LogP contribution in [-0.2, 0) is 0 Å². The van der Waals surface area contributed by atoms with Crippen LogP contribution in [0.5, 0.6) is 0 Å². The first-order chi connectivity index (χ1) is 9.53. The molecule has 0 aliphatic rings. The average Bonchev–Trinajstić information content (AvgIpc) is 2.44. The first-order valence-electron chi connectivity index (χ1n) is 6.92. The van der Waals surface area contributed by atoms with Gasteiger partial charge in [-0.1, -0.05) is 6.92 Å². The molecule has 0 bridgehead atoms. The molecule has 1 aromatic heterocycles. The molecule has 1 heterocycles. The van der Waals surface area contributed by atoms with Crippen LogP contribution in [-0.4, -0.2) is 60.7 Å². The fraction of sp³-hybridized carbons (Fsp3) is 0.769. The molecule has 1 atom stereocenters. The van der Waals surface area contributed by atoms with E-state index in [1.807, 2.05) is 37.7 Å². The van der Waals surface area contributed by atoms with Gasteiger partial charge < -0.3 is 15.1 Å². The van der Waals surface area contributed by atoms with Crippen LogP contribution in [0.1, 0.15) is 20.3 Å². The van der Waals surface area contributed by atoms with Crippen LogP contribution in [0.25, 0.3) is 0 Å². The molecule has 7 heteroatoms. The fourth-order valence-electron chi connectivity index (χ4n) is 1.81. The third kappa shape index (κ3) is 4.40. The van der Waals surface area contributed by atoms with Crippen molar-refractivity contribution in [1.29, 1.82) is 0 Å². The van der Waals surface area contributed by atoms with E-state index in [9.17, 15) is 0 Å². The first kappa shape index (κ1) is 16.8. The molecule has 0 aromatic carbocycles. The van der Waals surface area contributed by atoms with Crippen molar-refractivity contribution < 1.29 is 0 Å². The van der Waals surface area contributed by atoms with Crippen molar-refractivity contribution in [2.75, 3.05) is 54.8 Å². The SMILES string of the molecule is CCNc1nc(N(C)C)nc(N(C)C(CC)CSC)n1. The van der Waals surface area contributed by atoms with E-state index in [0.717, 1.165) is 24.7 Å². The standard InChI is InChI=1S/C13H26N6S/c1-7-10(9-20-6)19(5)13-16-11(14-8-2)15-12(17-13)18(3)4/h10H,7-9H2,1-6H3,(H,14,15,16,17).